The summed E-state index contributed by atoms with van der Waals surface area (Å²) >= 11 is 0. The van der Waals surface area contributed by atoms with Crippen molar-refractivity contribution in [2.45, 2.75) is 53.0 Å². The third kappa shape index (κ3) is 5.58. The number of hydrogen-bond donors (Lipinski definition) is 1. The maximum Gasteiger partial charge on any atom is 0.282 e. The van der Waals surface area contributed by atoms with Crippen LogP contribution in [0.3, 0.4) is 0 Å². The molecule has 0 saturated carbocycles. The van der Waals surface area contributed by atoms with Gasteiger partial charge in [0.25, 0.3) is 10.2 Å². The van der Waals surface area contributed by atoms with Gasteiger partial charge in [0.15, 0.2) is 0 Å². The number of nitrogens with one attached hydrogen (secondary N) is 1. The molecule has 1 amide bonds. The number of piperidine rings is 2. The first-order chi connectivity index (χ1) is 13.8. The molecule has 3 atom stereocenters. The Morgan fingerprint density at radius 1 is 1.03 bits per heavy atom. The van der Waals surface area contributed by atoms with Gasteiger partial charge in [0.2, 0.25) is 5.91 Å². The number of aryl methyl sites for hydroxylation is 1. The largest absolute Gasteiger partial charge is 0.352 e. The van der Waals surface area contributed by atoms with E-state index in [2.05, 4.69) is 38.2 Å². The zero-order valence-corrected chi connectivity index (χ0v) is 18.7. The highest BCUT2D eigenvalue weighted by Crippen LogP contribution is 2.27. The average Bonchev–Trinajstić information content (AvgIpc) is 2.71. The van der Waals surface area contributed by atoms with E-state index in [0.29, 0.717) is 38.0 Å². The molecule has 2 aliphatic rings. The smallest absolute Gasteiger partial charge is 0.282 e. The number of benzene rings is 1. The Bertz CT molecular complexity index is 784. The van der Waals surface area contributed by atoms with Gasteiger partial charge in [-0.2, -0.15) is 17.0 Å². The van der Waals surface area contributed by atoms with Crippen LogP contribution in [0.2, 0.25) is 0 Å². The minimum Gasteiger partial charge on any atom is -0.352 e. The lowest BCUT2D eigenvalue weighted by molar-refractivity contribution is -0.126. The Morgan fingerprint density at radius 2 is 1.66 bits per heavy atom. The highest BCUT2D eigenvalue weighted by Gasteiger charge is 2.38. The zero-order chi connectivity index (χ0) is 21.0. The van der Waals surface area contributed by atoms with Crippen LogP contribution >= 0.6 is 0 Å². The number of carbonyl (C=O) groups is 1. The first-order valence-corrected chi connectivity index (χ1v) is 12.3. The number of amides is 1. The Morgan fingerprint density at radius 3 is 2.28 bits per heavy atom. The molecule has 1 aromatic carbocycles. The van der Waals surface area contributed by atoms with Gasteiger partial charge in [0.05, 0.1) is 5.92 Å². The van der Waals surface area contributed by atoms with Crippen molar-refractivity contribution in [3.05, 3.63) is 35.4 Å². The fourth-order valence-electron chi connectivity index (χ4n) is 4.55. The molecule has 1 aromatic rings. The topological polar surface area (TPSA) is 69.7 Å². The maximum absolute atomic E-state index is 13.2. The maximum atomic E-state index is 13.2. The molecule has 7 heteroatoms. The van der Waals surface area contributed by atoms with Crippen LogP contribution in [-0.4, -0.2) is 49.1 Å². The second-order valence-corrected chi connectivity index (χ2v) is 10.8. The summed E-state index contributed by atoms with van der Waals surface area (Å²) in [7, 11) is -3.51. The van der Waals surface area contributed by atoms with Gasteiger partial charge < -0.3 is 5.32 Å². The fraction of sp³-hybridized carbons (Fsp3) is 0.682. The van der Waals surface area contributed by atoms with Crippen LogP contribution in [0, 0.1) is 17.8 Å². The lowest BCUT2D eigenvalue weighted by Crippen LogP contribution is -2.53. The molecule has 2 heterocycles. The normalized spacial score (nSPS) is 26.9. The van der Waals surface area contributed by atoms with Gasteiger partial charge in [-0.15, -0.1) is 0 Å². The van der Waals surface area contributed by atoms with E-state index in [9.17, 15) is 13.2 Å². The van der Waals surface area contributed by atoms with Gasteiger partial charge in [0, 0.05) is 32.7 Å². The summed E-state index contributed by atoms with van der Waals surface area (Å²) in [5.74, 6) is 0.408. The lowest BCUT2D eigenvalue weighted by atomic mass is 9.94. The van der Waals surface area contributed by atoms with Crippen molar-refractivity contribution >= 4 is 16.1 Å². The monoisotopic (exact) mass is 421 g/mol. The van der Waals surface area contributed by atoms with Gasteiger partial charge in [0.1, 0.15) is 0 Å². The van der Waals surface area contributed by atoms with E-state index < -0.39 is 10.2 Å². The van der Waals surface area contributed by atoms with E-state index in [1.54, 1.807) is 4.31 Å². The van der Waals surface area contributed by atoms with Crippen molar-refractivity contribution in [2.75, 3.05) is 26.2 Å². The van der Waals surface area contributed by atoms with Gasteiger partial charge in [-0.3, -0.25) is 4.79 Å². The minimum absolute atomic E-state index is 0.0511. The van der Waals surface area contributed by atoms with E-state index in [1.807, 2.05) is 12.1 Å². The van der Waals surface area contributed by atoms with Gasteiger partial charge in [-0.25, -0.2) is 0 Å². The van der Waals surface area contributed by atoms with E-state index in [1.165, 1.54) is 9.87 Å². The molecule has 0 radical (unpaired) electrons. The molecular formula is C22H35N3O3S. The highest BCUT2D eigenvalue weighted by atomic mass is 32.2. The van der Waals surface area contributed by atoms with Crippen LogP contribution in [0.1, 0.15) is 51.2 Å². The molecular weight excluding hydrogens is 386 g/mol. The molecule has 2 aliphatic heterocycles. The number of hydrogen-bond acceptors (Lipinski definition) is 3. The lowest BCUT2D eigenvalue weighted by Gasteiger charge is -2.39. The van der Waals surface area contributed by atoms with Crippen molar-refractivity contribution in [2.24, 2.45) is 17.8 Å². The molecule has 2 saturated heterocycles. The van der Waals surface area contributed by atoms with E-state index in [4.69, 9.17) is 0 Å². The number of nitrogens with zero attached hydrogens (tertiary/aromatic N) is 2. The summed E-state index contributed by atoms with van der Waals surface area (Å²) in [6.45, 7) is 8.75. The third-order valence-electron chi connectivity index (χ3n) is 6.14. The number of carbonyl (C=O) groups excluding carboxylic acids is 1. The third-order valence-corrected chi connectivity index (χ3v) is 8.08. The highest BCUT2D eigenvalue weighted by molar-refractivity contribution is 7.86. The van der Waals surface area contributed by atoms with E-state index in [0.717, 1.165) is 31.2 Å². The Kier molecular flexibility index (Phi) is 7.35. The first kappa shape index (κ1) is 22.2. The molecule has 2 fully saturated rings. The van der Waals surface area contributed by atoms with Crippen molar-refractivity contribution in [1.29, 1.82) is 0 Å². The van der Waals surface area contributed by atoms with Crippen LogP contribution in [0.15, 0.2) is 24.3 Å². The van der Waals surface area contributed by atoms with Gasteiger partial charge >= 0.3 is 0 Å². The van der Waals surface area contributed by atoms with Crippen LogP contribution in [0.25, 0.3) is 0 Å². The quantitative estimate of drug-likeness (QED) is 0.768. The minimum atomic E-state index is -3.51. The molecule has 29 heavy (non-hydrogen) atoms. The van der Waals surface area contributed by atoms with Gasteiger partial charge in [-0.1, -0.05) is 45.0 Å². The molecule has 0 spiro atoms. The van der Waals surface area contributed by atoms with Crippen molar-refractivity contribution in [3.8, 4) is 0 Å². The van der Waals surface area contributed by atoms with Gasteiger partial charge in [-0.05, 0) is 48.6 Å². The standard InChI is InChI=1S/C22H35N3O3S/c1-4-19-7-9-20(10-8-19)13-23-22(26)21-6-5-11-24(16-21)29(27,28)25-14-17(2)12-18(3)15-25/h7-10,17-18,21H,4-6,11-16H2,1-3H3,(H,23,26)/t17-,18+,21-/m1/s1. The molecule has 162 valence electrons. The van der Waals surface area contributed by atoms with Crippen molar-refractivity contribution < 1.29 is 13.2 Å². The van der Waals surface area contributed by atoms with Crippen LogP contribution in [0.5, 0.6) is 0 Å². The molecule has 0 aromatic heterocycles. The summed E-state index contributed by atoms with van der Waals surface area (Å²) in [6, 6.07) is 8.24. The number of rotatable bonds is 6. The van der Waals surface area contributed by atoms with E-state index in [-0.39, 0.29) is 18.4 Å². The van der Waals surface area contributed by atoms with Crippen LogP contribution < -0.4 is 5.32 Å². The van der Waals surface area contributed by atoms with Crippen LogP contribution in [0.4, 0.5) is 0 Å². The zero-order valence-electron chi connectivity index (χ0n) is 17.9. The Labute approximate surface area is 175 Å². The average molecular weight is 422 g/mol. The molecule has 0 unspecified atom stereocenters. The molecule has 0 aliphatic carbocycles. The molecule has 3 rings (SSSR count). The summed E-state index contributed by atoms with van der Waals surface area (Å²) < 4.78 is 29.5. The summed E-state index contributed by atoms with van der Waals surface area (Å²) in [4.78, 5) is 12.7. The summed E-state index contributed by atoms with van der Waals surface area (Å²) in [5, 5.41) is 3.00. The van der Waals surface area contributed by atoms with Crippen molar-refractivity contribution in [3.63, 3.8) is 0 Å². The summed E-state index contributed by atoms with van der Waals surface area (Å²) in [5.41, 5.74) is 2.33. The van der Waals surface area contributed by atoms with E-state index >= 15 is 0 Å². The first-order valence-electron chi connectivity index (χ1n) is 10.9. The SMILES string of the molecule is CCc1ccc(CNC(=O)[C@@H]2CCCN(S(=O)(=O)N3C[C@H](C)C[C@H](C)C3)C2)cc1. The molecule has 6 nitrogen and oxygen atoms in total. The second-order valence-electron chi connectivity index (χ2n) is 8.86. The summed E-state index contributed by atoms with van der Waals surface area (Å²) in [6.07, 6.45) is 3.52. The Hall–Kier alpha value is -1.44. The predicted octanol–water partition coefficient (Wildman–Crippen LogP) is 2.80. The predicted molar refractivity (Wildman–Crippen MR) is 115 cm³/mol. The second kappa shape index (κ2) is 9.58. The Balaban J connectivity index is 1.58. The fourth-order valence-corrected chi connectivity index (χ4v) is 6.49. The molecule has 0 bridgehead atoms. The van der Waals surface area contributed by atoms with Crippen molar-refractivity contribution in [1.82, 2.24) is 13.9 Å². The molecule has 1 N–H and O–H groups in total. The van der Waals surface area contributed by atoms with Crippen LogP contribution in [-0.2, 0) is 28.0 Å².